The molecule has 0 aromatic heterocycles. The van der Waals surface area contributed by atoms with Crippen LogP contribution in [0.1, 0.15) is 30.5 Å². The first-order valence-corrected chi connectivity index (χ1v) is 10.3. The Morgan fingerprint density at radius 2 is 1.73 bits per heavy atom. The van der Waals surface area contributed by atoms with E-state index in [-0.39, 0.29) is 25.5 Å². The molecular weight excluding hydrogens is 427 g/mol. The van der Waals surface area contributed by atoms with Crippen LogP contribution in [0.15, 0.2) is 36.4 Å². The lowest BCUT2D eigenvalue weighted by Crippen LogP contribution is -2.48. The molecule has 162 valence electrons. The molecule has 0 bridgehead atoms. The summed E-state index contributed by atoms with van der Waals surface area (Å²) in [5.74, 6) is -0.388. The lowest BCUT2D eigenvalue weighted by Gasteiger charge is -2.23. The van der Waals surface area contributed by atoms with Crippen LogP contribution in [0.25, 0.3) is 0 Å². The van der Waals surface area contributed by atoms with Crippen molar-refractivity contribution in [3.05, 3.63) is 63.1 Å². The van der Waals surface area contributed by atoms with E-state index in [4.69, 9.17) is 32.7 Å². The average molecular weight is 453 g/mol. The molecule has 0 spiro atoms. The van der Waals surface area contributed by atoms with Gasteiger partial charge < -0.3 is 9.47 Å². The Bertz CT molecular complexity index is 887. The van der Waals surface area contributed by atoms with E-state index in [1.165, 1.54) is 12.1 Å². The Labute approximate surface area is 187 Å². The van der Waals surface area contributed by atoms with Crippen LogP contribution >= 0.6 is 23.2 Å². The van der Waals surface area contributed by atoms with Crippen LogP contribution in [-0.2, 0) is 27.4 Å². The van der Waals surface area contributed by atoms with Crippen molar-refractivity contribution in [2.45, 2.75) is 39.8 Å². The summed E-state index contributed by atoms with van der Waals surface area (Å²) >= 11 is 12.7. The largest absolute Gasteiger partial charge is 0.487 e. The van der Waals surface area contributed by atoms with E-state index >= 15 is 0 Å². The molecule has 0 fully saturated rings. The fourth-order valence-corrected chi connectivity index (χ4v) is 3.14. The van der Waals surface area contributed by atoms with E-state index in [9.17, 15) is 9.59 Å². The van der Waals surface area contributed by atoms with Crippen LogP contribution in [0.3, 0.4) is 0 Å². The van der Waals surface area contributed by atoms with Gasteiger partial charge in [-0.05, 0) is 38.5 Å². The number of hydrogen-bond donors (Lipinski definition) is 1. The summed E-state index contributed by atoms with van der Waals surface area (Å²) in [6, 6.07) is 10.5. The molecule has 1 N–H and O–H groups in total. The lowest BCUT2D eigenvalue weighted by molar-refractivity contribution is -0.148. The molecule has 30 heavy (non-hydrogen) atoms. The molecule has 0 saturated carbocycles. The number of esters is 1. The standard InChI is InChI=1S/C22H26Cl2N2O4/c1-5-29-22(28)15(3)25-26(4)20(27)12-17-18(23)10-11-19(24)21(17)30-13-16-8-6-14(2)7-9-16/h6-11,15,25H,5,12-13H2,1-4H3. The first-order valence-electron chi connectivity index (χ1n) is 9.57. The SMILES string of the molecule is CCOC(=O)C(C)NN(C)C(=O)Cc1c(Cl)ccc(Cl)c1OCc1ccc(C)cc1. The number of amides is 1. The average Bonchev–Trinajstić information content (AvgIpc) is 2.71. The maximum Gasteiger partial charge on any atom is 0.324 e. The number of nitrogens with one attached hydrogen (secondary N) is 1. The Balaban J connectivity index is 2.12. The van der Waals surface area contributed by atoms with E-state index in [0.717, 1.165) is 11.1 Å². The van der Waals surface area contributed by atoms with E-state index in [1.807, 2.05) is 31.2 Å². The van der Waals surface area contributed by atoms with Gasteiger partial charge in [-0.1, -0.05) is 53.0 Å². The molecule has 1 atom stereocenters. The number of hydrogen-bond acceptors (Lipinski definition) is 5. The molecule has 0 heterocycles. The third-order valence-corrected chi connectivity index (χ3v) is 5.04. The van der Waals surface area contributed by atoms with Crippen LogP contribution in [0, 0.1) is 6.92 Å². The zero-order valence-electron chi connectivity index (χ0n) is 17.5. The highest BCUT2D eigenvalue weighted by atomic mass is 35.5. The second kappa shape index (κ2) is 11.2. The number of carbonyl (C=O) groups excluding carboxylic acids is 2. The minimum Gasteiger partial charge on any atom is -0.487 e. The number of ether oxygens (including phenoxy) is 2. The molecule has 2 rings (SSSR count). The van der Waals surface area contributed by atoms with Crippen LogP contribution in [0.5, 0.6) is 5.75 Å². The first kappa shape index (κ1) is 24.0. The Morgan fingerprint density at radius 1 is 1.10 bits per heavy atom. The number of halogens is 2. The van der Waals surface area contributed by atoms with Gasteiger partial charge in [0.05, 0.1) is 18.1 Å². The first-order chi connectivity index (χ1) is 14.2. The van der Waals surface area contributed by atoms with E-state index in [1.54, 1.807) is 26.0 Å². The molecule has 1 amide bonds. The van der Waals surface area contributed by atoms with E-state index < -0.39 is 12.0 Å². The fraction of sp³-hybridized carbons (Fsp3) is 0.364. The summed E-state index contributed by atoms with van der Waals surface area (Å²) < 4.78 is 10.9. The monoisotopic (exact) mass is 452 g/mol. The van der Waals surface area contributed by atoms with Gasteiger partial charge in [-0.15, -0.1) is 0 Å². The highest BCUT2D eigenvalue weighted by molar-refractivity contribution is 6.35. The second-order valence-electron chi connectivity index (χ2n) is 6.84. The maximum absolute atomic E-state index is 12.7. The number of hydrazine groups is 1. The van der Waals surface area contributed by atoms with Crippen LogP contribution < -0.4 is 10.2 Å². The van der Waals surface area contributed by atoms with Gasteiger partial charge in [0, 0.05) is 17.6 Å². The zero-order valence-corrected chi connectivity index (χ0v) is 19.0. The number of aryl methyl sites for hydroxylation is 1. The molecule has 2 aromatic carbocycles. The summed E-state index contributed by atoms with van der Waals surface area (Å²) in [6.07, 6.45) is -0.0539. The quantitative estimate of drug-likeness (QED) is 0.452. The molecule has 0 aliphatic rings. The second-order valence-corrected chi connectivity index (χ2v) is 7.66. The Kier molecular flexibility index (Phi) is 8.96. The number of rotatable bonds is 9. The van der Waals surface area contributed by atoms with Gasteiger partial charge in [-0.3, -0.25) is 14.6 Å². The van der Waals surface area contributed by atoms with Gasteiger partial charge in [-0.2, -0.15) is 0 Å². The van der Waals surface area contributed by atoms with Crippen molar-refractivity contribution in [3.8, 4) is 5.75 Å². The van der Waals surface area contributed by atoms with Gasteiger partial charge in [0.1, 0.15) is 18.4 Å². The van der Waals surface area contributed by atoms with Crippen molar-refractivity contribution >= 4 is 35.1 Å². The van der Waals surface area contributed by atoms with Crippen molar-refractivity contribution in [2.24, 2.45) is 0 Å². The van der Waals surface area contributed by atoms with Crippen molar-refractivity contribution < 1.29 is 19.1 Å². The highest BCUT2D eigenvalue weighted by Gasteiger charge is 2.22. The summed E-state index contributed by atoms with van der Waals surface area (Å²) in [4.78, 5) is 24.5. The molecular formula is C22H26Cl2N2O4. The minimum atomic E-state index is -0.675. The van der Waals surface area contributed by atoms with Crippen LogP contribution in [-0.4, -0.2) is 36.6 Å². The normalized spacial score (nSPS) is 11.7. The van der Waals surface area contributed by atoms with E-state index in [2.05, 4.69) is 5.43 Å². The Morgan fingerprint density at radius 3 is 2.37 bits per heavy atom. The predicted molar refractivity (Wildman–Crippen MR) is 118 cm³/mol. The van der Waals surface area contributed by atoms with E-state index in [0.29, 0.717) is 21.4 Å². The molecule has 1 unspecified atom stereocenters. The van der Waals surface area contributed by atoms with Crippen molar-refractivity contribution in [3.63, 3.8) is 0 Å². The number of carbonyl (C=O) groups is 2. The third kappa shape index (κ3) is 6.62. The molecule has 0 aliphatic heterocycles. The third-order valence-electron chi connectivity index (χ3n) is 4.39. The van der Waals surface area contributed by atoms with Gasteiger partial charge in [-0.25, -0.2) is 5.43 Å². The lowest BCUT2D eigenvalue weighted by atomic mass is 10.1. The summed E-state index contributed by atoms with van der Waals surface area (Å²) in [5, 5.41) is 1.98. The topological polar surface area (TPSA) is 67.9 Å². The van der Waals surface area contributed by atoms with Gasteiger partial charge in [0.15, 0.2) is 0 Å². The van der Waals surface area contributed by atoms with Crippen LogP contribution in [0.4, 0.5) is 0 Å². The molecule has 0 saturated heterocycles. The number of nitrogens with zero attached hydrogens (tertiary/aromatic N) is 1. The molecule has 6 nitrogen and oxygen atoms in total. The smallest absolute Gasteiger partial charge is 0.324 e. The molecule has 0 aliphatic carbocycles. The maximum atomic E-state index is 12.7. The number of benzene rings is 2. The molecule has 0 radical (unpaired) electrons. The van der Waals surface area contributed by atoms with Gasteiger partial charge in [0.25, 0.3) is 0 Å². The predicted octanol–water partition coefficient (Wildman–Crippen LogP) is 4.34. The van der Waals surface area contributed by atoms with Gasteiger partial charge in [0.2, 0.25) is 5.91 Å². The fourth-order valence-electron chi connectivity index (χ4n) is 2.69. The molecule has 8 heteroatoms. The molecule has 2 aromatic rings. The Hall–Kier alpha value is -2.28. The minimum absolute atomic E-state index is 0.0539. The zero-order chi connectivity index (χ0) is 22.3. The van der Waals surface area contributed by atoms with Crippen molar-refractivity contribution in [1.29, 1.82) is 0 Å². The summed E-state index contributed by atoms with van der Waals surface area (Å²) in [6.45, 7) is 5.90. The van der Waals surface area contributed by atoms with Gasteiger partial charge >= 0.3 is 5.97 Å². The van der Waals surface area contributed by atoms with Crippen molar-refractivity contribution in [1.82, 2.24) is 10.4 Å². The van der Waals surface area contributed by atoms with Crippen LogP contribution in [0.2, 0.25) is 10.0 Å². The summed E-state index contributed by atoms with van der Waals surface area (Å²) in [7, 11) is 1.53. The van der Waals surface area contributed by atoms with Crippen molar-refractivity contribution in [2.75, 3.05) is 13.7 Å². The summed E-state index contributed by atoms with van der Waals surface area (Å²) in [5.41, 5.74) is 5.40. The number of likely N-dealkylation sites (N-methyl/N-ethyl adjacent to an activating group) is 1. The highest BCUT2D eigenvalue weighted by Crippen LogP contribution is 2.35.